The molecule has 21 heavy (non-hydrogen) atoms. The van der Waals surface area contributed by atoms with Crippen LogP contribution in [0.1, 0.15) is 39.2 Å². The Morgan fingerprint density at radius 1 is 1.38 bits per heavy atom. The average Bonchev–Trinajstić information content (AvgIpc) is 2.72. The number of aliphatic carboxylic acids is 1. The molecule has 2 N–H and O–H groups in total. The average molecular weight is 290 g/mol. The van der Waals surface area contributed by atoms with E-state index in [4.69, 9.17) is 5.11 Å². The minimum atomic E-state index is -0.850. The first-order valence-corrected chi connectivity index (χ1v) is 7.21. The van der Waals surface area contributed by atoms with Crippen LogP contribution >= 0.6 is 0 Å². The Bertz CT molecular complexity index is 554. The maximum atomic E-state index is 12.5. The molecule has 1 aliphatic rings. The highest BCUT2D eigenvalue weighted by Crippen LogP contribution is 2.32. The fourth-order valence-corrected chi connectivity index (χ4v) is 2.71. The van der Waals surface area contributed by atoms with Gasteiger partial charge in [0.2, 0.25) is 0 Å². The molecule has 1 atom stereocenters. The summed E-state index contributed by atoms with van der Waals surface area (Å²) >= 11 is 0. The van der Waals surface area contributed by atoms with Gasteiger partial charge < -0.3 is 10.4 Å². The molecule has 0 saturated carbocycles. The SMILES string of the molecule is CC1Cc2ccccc2N1C(=O)NC(C)(C)CCC(=O)O. The fraction of sp³-hybridized carbons (Fsp3) is 0.500. The smallest absolute Gasteiger partial charge is 0.322 e. The number of carboxylic acids is 1. The van der Waals surface area contributed by atoms with Crippen molar-refractivity contribution in [3.8, 4) is 0 Å². The van der Waals surface area contributed by atoms with Crippen molar-refractivity contribution in [1.82, 2.24) is 5.32 Å². The Kier molecular flexibility index (Phi) is 4.21. The van der Waals surface area contributed by atoms with E-state index >= 15 is 0 Å². The van der Waals surface area contributed by atoms with Crippen LogP contribution in [0.25, 0.3) is 0 Å². The number of carboxylic acid groups (broad SMARTS) is 1. The zero-order valence-corrected chi connectivity index (χ0v) is 12.7. The highest BCUT2D eigenvalue weighted by atomic mass is 16.4. The Morgan fingerprint density at radius 2 is 2.05 bits per heavy atom. The second-order valence-corrected chi connectivity index (χ2v) is 6.26. The van der Waals surface area contributed by atoms with Gasteiger partial charge in [0, 0.05) is 23.7 Å². The number of urea groups is 1. The van der Waals surface area contributed by atoms with Crippen molar-refractivity contribution in [3.05, 3.63) is 29.8 Å². The van der Waals surface area contributed by atoms with E-state index in [1.54, 1.807) is 4.90 Å². The van der Waals surface area contributed by atoms with Crippen molar-refractivity contribution in [1.29, 1.82) is 0 Å². The van der Waals surface area contributed by atoms with E-state index < -0.39 is 11.5 Å². The lowest BCUT2D eigenvalue weighted by Crippen LogP contribution is -2.52. The molecule has 0 bridgehead atoms. The van der Waals surface area contributed by atoms with Crippen LogP contribution in [-0.2, 0) is 11.2 Å². The van der Waals surface area contributed by atoms with E-state index in [0.29, 0.717) is 6.42 Å². The molecule has 1 unspecified atom stereocenters. The second-order valence-electron chi connectivity index (χ2n) is 6.26. The number of hydrogen-bond acceptors (Lipinski definition) is 2. The molecule has 5 nitrogen and oxygen atoms in total. The number of carbonyl (C=O) groups excluding carboxylic acids is 1. The van der Waals surface area contributed by atoms with E-state index in [-0.39, 0.29) is 18.5 Å². The van der Waals surface area contributed by atoms with Crippen molar-refractivity contribution in [3.63, 3.8) is 0 Å². The normalized spacial score (nSPS) is 17.5. The summed E-state index contributed by atoms with van der Waals surface area (Å²) in [6.45, 7) is 5.71. The summed E-state index contributed by atoms with van der Waals surface area (Å²) in [7, 11) is 0. The summed E-state index contributed by atoms with van der Waals surface area (Å²) in [5, 5.41) is 11.7. The van der Waals surface area contributed by atoms with Crippen molar-refractivity contribution >= 4 is 17.7 Å². The van der Waals surface area contributed by atoms with Crippen LogP contribution in [-0.4, -0.2) is 28.7 Å². The first kappa shape index (κ1) is 15.4. The molecule has 1 aromatic carbocycles. The lowest BCUT2D eigenvalue weighted by Gasteiger charge is -2.31. The topological polar surface area (TPSA) is 69.6 Å². The minimum absolute atomic E-state index is 0.0411. The molecule has 0 aromatic heterocycles. The van der Waals surface area contributed by atoms with Crippen LogP contribution in [0.3, 0.4) is 0 Å². The maximum Gasteiger partial charge on any atom is 0.322 e. The van der Waals surface area contributed by atoms with E-state index in [9.17, 15) is 9.59 Å². The van der Waals surface area contributed by atoms with E-state index in [2.05, 4.69) is 5.32 Å². The number of para-hydroxylation sites is 1. The molecule has 1 aliphatic heterocycles. The first-order chi connectivity index (χ1) is 9.80. The predicted molar refractivity (Wildman–Crippen MR) is 81.6 cm³/mol. The molecule has 1 aromatic rings. The van der Waals surface area contributed by atoms with E-state index in [0.717, 1.165) is 12.1 Å². The van der Waals surface area contributed by atoms with Crippen LogP contribution < -0.4 is 10.2 Å². The number of nitrogens with one attached hydrogen (secondary N) is 1. The van der Waals surface area contributed by atoms with Crippen molar-refractivity contribution < 1.29 is 14.7 Å². The highest BCUT2D eigenvalue weighted by Gasteiger charge is 2.33. The number of benzene rings is 1. The van der Waals surface area contributed by atoms with E-state index in [1.165, 1.54) is 5.56 Å². The summed E-state index contributed by atoms with van der Waals surface area (Å²) < 4.78 is 0. The summed E-state index contributed by atoms with van der Waals surface area (Å²) in [5.74, 6) is -0.850. The van der Waals surface area contributed by atoms with Gasteiger partial charge in [0.15, 0.2) is 0 Å². The van der Waals surface area contributed by atoms with Crippen molar-refractivity contribution in [2.75, 3.05) is 4.90 Å². The monoisotopic (exact) mass is 290 g/mol. The predicted octanol–water partition coefficient (Wildman–Crippen LogP) is 2.79. The molecule has 0 fully saturated rings. The summed E-state index contributed by atoms with van der Waals surface area (Å²) in [4.78, 5) is 25.0. The van der Waals surface area contributed by atoms with Crippen LogP contribution in [0.15, 0.2) is 24.3 Å². The number of nitrogens with zero attached hydrogens (tertiary/aromatic N) is 1. The van der Waals surface area contributed by atoms with Crippen LogP contribution in [0.5, 0.6) is 0 Å². The molecule has 0 radical (unpaired) electrons. The number of rotatable bonds is 4. The Labute approximate surface area is 125 Å². The van der Waals surface area contributed by atoms with E-state index in [1.807, 2.05) is 45.0 Å². The lowest BCUT2D eigenvalue weighted by atomic mass is 9.99. The first-order valence-electron chi connectivity index (χ1n) is 7.21. The quantitative estimate of drug-likeness (QED) is 0.896. The molecule has 2 rings (SSSR count). The van der Waals surface area contributed by atoms with Gasteiger partial charge in [-0.1, -0.05) is 18.2 Å². The molecule has 0 aliphatic carbocycles. The van der Waals surface area contributed by atoms with Gasteiger partial charge in [-0.15, -0.1) is 0 Å². The Morgan fingerprint density at radius 3 is 2.71 bits per heavy atom. The standard InChI is InChI=1S/C16H22N2O3/c1-11-10-12-6-4-5-7-13(12)18(11)15(21)17-16(2,3)9-8-14(19)20/h4-7,11H,8-10H2,1-3H3,(H,17,21)(H,19,20). The van der Waals surface area contributed by atoms with Gasteiger partial charge in [0.1, 0.15) is 0 Å². The van der Waals surface area contributed by atoms with Crippen LogP contribution in [0.2, 0.25) is 0 Å². The largest absolute Gasteiger partial charge is 0.481 e. The van der Waals surface area contributed by atoms with Gasteiger partial charge in [0.05, 0.1) is 0 Å². The number of carbonyl (C=O) groups is 2. The van der Waals surface area contributed by atoms with Crippen LogP contribution in [0, 0.1) is 0 Å². The number of anilines is 1. The molecule has 114 valence electrons. The van der Waals surface area contributed by atoms with Gasteiger partial charge in [-0.25, -0.2) is 4.79 Å². The molecular weight excluding hydrogens is 268 g/mol. The summed E-state index contributed by atoms with van der Waals surface area (Å²) in [6.07, 6.45) is 1.29. The molecule has 1 heterocycles. The van der Waals surface area contributed by atoms with Crippen molar-refractivity contribution in [2.24, 2.45) is 0 Å². The lowest BCUT2D eigenvalue weighted by molar-refractivity contribution is -0.137. The molecular formula is C16H22N2O3. The third kappa shape index (κ3) is 3.54. The number of amides is 2. The minimum Gasteiger partial charge on any atom is -0.481 e. The zero-order valence-electron chi connectivity index (χ0n) is 12.7. The summed E-state index contributed by atoms with van der Waals surface area (Å²) in [6, 6.07) is 7.83. The number of hydrogen-bond donors (Lipinski definition) is 2. The zero-order chi connectivity index (χ0) is 15.6. The second kappa shape index (κ2) is 5.76. The third-order valence-corrected chi connectivity index (χ3v) is 3.84. The van der Waals surface area contributed by atoms with Gasteiger partial charge in [0.25, 0.3) is 0 Å². The summed E-state index contributed by atoms with van der Waals surface area (Å²) in [5.41, 5.74) is 1.56. The fourth-order valence-electron chi connectivity index (χ4n) is 2.71. The highest BCUT2D eigenvalue weighted by molar-refractivity contribution is 5.95. The van der Waals surface area contributed by atoms with Gasteiger partial charge in [-0.3, -0.25) is 9.69 Å². The third-order valence-electron chi connectivity index (χ3n) is 3.84. The maximum absolute atomic E-state index is 12.5. The van der Waals surface area contributed by atoms with Crippen LogP contribution in [0.4, 0.5) is 10.5 Å². The molecule has 2 amide bonds. The Balaban J connectivity index is 2.08. The molecule has 5 heteroatoms. The van der Waals surface area contributed by atoms with Gasteiger partial charge in [-0.05, 0) is 45.2 Å². The van der Waals surface area contributed by atoms with Gasteiger partial charge in [-0.2, -0.15) is 0 Å². The Hall–Kier alpha value is -2.04. The molecule has 0 spiro atoms. The number of fused-ring (bicyclic) bond motifs is 1. The van der Waals surface area contributed by atoms with Crippen molar-refractivity contribution in [2.45, 2.75) is 51.6 Å². The molecule has 0 saturated heterocycles. The van der Waals surface area contributed by atoms with Gasteiger partial charge >= 0.3 is 12.0 Å².